The van der Waals surface area contributed by atoms with Crippen LogP contribution in [0.25, 0.3) is 0 Å². The molecule has 3 N–H and O–H groups in total. The number of benzene rings is 2. The van der Waals surface area contributed by atoms with Crippen molar-refractivity contribution in [1.29, 1.82) is 0 Å². The van der Waals surface area contributed by atoms with Crippen molar-refractivity contribution in [2.75, 3.05) is 22.9 Å². The zero-order valence-corrected chi connectivity index (χ0v) is 18.6. The molecule has 12 heteroatoms. The minimum atomic E-state index is -1.69. The van der Waals surface area contributed by atoms with Gasteiger partial charge < -0.3 is 16.0 Å². The van der Waals surface area contributed by atoms with Crippen LogP contribution in [0, 0.1) is 31.3 Å². The third-order valence-corrected chi connectivity index (χ3v) is 6.31. The topological polar surface area (TPSA) is 96.0 Å². The minimum absolute atomic E-state index is 0.0229. The smallest absolute Gasteiger partial charge is 0.243 e. The van der Waals surface area contributed by atoms with Crippen LogP contribution in [-0.2, 0) is 9.59 Å². The number of rotatable bonds is 8. The first kappa shape index (κ1) is 23.5. The summed E-state index contributed by atoms with van der Waals surface area (Å²) in [6.45, 7) is 3.54. The molecule has 0 unspecified atom stereocenters. The third-order valence-electron chi connectivity index (χ3n) is 4.33. The highest BCUT2D eigenvalue weighted by atomic mass is 32.2. The number of hydrogen-bond donors (Lipinski definition) is 3. The van der Waals surface area contributed by atoms with Crippen LogP contribution in [-0.4, -0.2) is 34.3 Å². The van der Waals surface area contributed by atoms with E-state index in [1.165, 1.54) is 11.3 Å². The Morgan fingerprint density at radius 2 is 1.78 bits per heavy atom. The molecule has 1 heterocycles. The van der Waals surface area contributed by atoms with Gasteiger partial charge in [0.1, 0.15) is 0 Å². The molecule has 168 valence electrons. The molecule has 2 aromatic carbocycles. The summed E-state index contributed by atoms with van der Waals surface area (Å²) >= 11 is 2.42. The first-order valence-corrected chi connectivity index (χ1v) is 11.0. The number of aromatic nitrogens is 2. The number of halogens is 3. The third kappa shape index (κ3) is 5.98. The standard InChI is InChI=1S/C20H18F3N5O2S2/c1-10-4-3-5-13(11(10)2)26-19-27-28-20(32-19)31-9-16(30)24-8-15(29)25-14-7-6-12(21)17(22)18(14)23/h3-7H,8-9H2,1-2H3,(H,24,30)(H,25,29)(H,26,27). The zero-order chi connectivity index (χ0) is 23.3. The van der Waals surface area contributed by atoms with Crippen molar-refractivity contribution in [2.45, 2.75) is 18.2 Å². The molecule has 3 rings (SSSR count). The minimum Gasteiger partial charge on any atom is -0.346 e. The fourth-order valence-corrected chi connectivity index (χ4v) is 4.09. The number of anilines is 3. The van der Waals surface area contributed by atoms with E-state index in [9.17, 15) is 22.8 Å². The summed E-state index contributed by atoms with van der Waals surface area (Å²) in [5.41, 5.74) is 2.63. The molecule has 0 spiro atoms. The van der Waals surface area contributed by atoms with Crippen LogP contribution >= 0.6 is 23.1 Å². The molecule has 1 aromatic heterocycles. The van der Waals surface area contributed by atoms with Crippen LogP contribution in [0.1, 0.15) is 11.1 Å². The summed E-state index contributed by atoms with van der Waals surface area (Å²) in [5, 5.41) is 16.3. The molecule has 0 fully saturated rings. The Bertz CT molecular complexity index is 1160. The molecule has 2 amide bonds. The first-order valence-electron chi connectivity index (χ1n) is 9.24. The lowest BCUT2D eigenvalue weighted by molar-refractivity contribution is -0.122. The number of aryl methyl sites for hydroxylation is 1. The largest absolute Gasteiger partial charge is 0.346 e. The van der Waals surface area contributed by atoms with Crippen molar-refractivity contribution >= 4 is 51.4 Å². The normalized spacial score (nSPS) is 10.7. The Balaban J connectivity index is 1.45. The monoisotopic (exact) mass is 481 g/mol. The predicted molar refractivity (Wildman–Crippen MR) is 118 cm³/mol. The van der Waals surface area contributed by atoms with Gasteiger partial charge in [0.05, 0.1) is 18.0 Å². The van der Waals surface area contributed by atoms with E-state index in [1.807, 2.05) is 32.0 Å². The molecule has 3 aromatic rings. The van der Waals surface area contributed by atoms with E-state index in [1.54, 1.807) is 0 Å². The van der Waals surface area contributed by atoms with E-state index in [2.05, 4.69) is 26.1 Å². The number of thioether (sulfide) groups is 1. The van der Waals surface area contributed by atoms with Crippen molar-refractivity contribution in [3.63, 3.8) is 0 Å². The van der Waals surface area contributed by atoms with E-state index in [-0.39, 0.29) is 5.75 Å². The van der Waals surface area contributed by atoms with E-state index >= 15 is 0 Å². The Morgan fingerprint density at radius 1 is 1.00 bits per heavy atom. The highest BCUT2D eigenvalue weighted by Gasteiger charge is 2.16. The van der Waals surface area contributed by atoms with Gasteiger partial charge in [-0.05, 0) is 43.2 Å². The summed E-state index contributed by atoms with van der Waals surface area (Å²) in [6.07, 6.45) is 0. The van der Waals surface area contributed by atoms with Crippen LogP contribution in [0.3, 0.4) is 0 Å². The van der Waals surface area contributed by atoms with Gasteiger partial charge in [0.2, 0.25) is 16.9 Å². The fraction of sp³-hybridized carbons (Fsp3) is 0.200. The van der Waals surface area contributed by atoms with Crippen LogP contribution in [0.15, 0.2) is 34.7 Å². The highest BCUT2D eigenvalue weighted by Crippen LogP contribution is 2.29. The van der Waals surface area contributed by atoms with E-state index in [4.69, 9.17) is 0 Å². The second-order valence-corrected chi connectivity index (χ2v) is 8.78. The van der Waals surface area contributed by atoms with Gasteiger partial charge in [-0.3, -0.25) is 9.59 Å². The van der Waals surface area contributed by atoms with Crippen molar-refractivity contribution in [3.05, 3.63) is 58.9 Å². The van der Waals surface area contributed by atoms with E-state index in [0.29, 0.717) is 15.5 Å². The number of nitrogens with one attached hydrogen (secondary N) is 3. The quantitative estimate of drug-likeness (QED) is 0.330. The molecular weight excluding hydrogens is 463 g/mol. The summed E-state index contributed by atoms with van der Waals surface area (Å²) in [6, 6.07) is 7.45. The van der Waals surface area contributed by atoms with Gasteiger partial charge in [0.25, 0.3) is 0 Å². The first-order chi connectivity index (χ1) is 15.2. The van der Waals surface area contributed by atoms with E-state index in [0.717, 1.165) is 34.6 Å². The molecule has 0 radical (unpaired) electrons. The number of carbonyl (C=O) groups excluding carboxylic acids is 2. The molecule has 0 saturated heterocycles. The van der Waals surface area contributed by atoms with Gasteiger partial charge >= 0.3 is 0 Å². The number of amides is 2. The second-order valence-electron chi connectivity index (χ2n) is 6.58. The average Bonchev–Trinajstić information content (AvgIpc) is 3.22. The van der Waals surface area contributed by atoms with Gasteiger partial charge in [0.15, 0.2) is 21.8 Å². The van der Waals surface area contributed by atoms with Gasteiger partial charge in [0, 0.05) is 5.69 Å². The van der Waals surface area contributed by atoms with Crippen molar-refractivity contribution in [3.8, 4) is 0 Å². The predicted octanol–water partition coefficient (Wildman–Crippen LogP) is 4.16. The molecule has 7 nitrogen and oxygen atoms in total. The van der Waals surface area contributed by atoms with Gasteiger partial charge in [-0.15, -0.1) is 10.2 Å². The van der Waals surface area contributed by atoms with Crippen LogP contribution in [0.5, 0.6) is 0 Å². The van der Waals surface area contributed by atoms with Gasteiger partial charge in [-0.25, -0.2) is 13.2 Å². The molecule has 0 bridgehead atoms. The maximum absolute atomic E-state index is 13.6. The summed E-state index contributed by atoms with van der Waals surface area (Å²) in [7, 11) is 0. The van der Waals surface area contributed by atoms with Gasteiger partial charge in [-0.1, -0.05) is 35.2 Å². The second kappa shape index (κ2) is 10.5. The summed E-state index contributed by atoms with van der Waals surface area (Å²) in [5.74, 6) is -5.84. The SMILES string of the molecule is Cc1cccc(Nc2nnc(SCC(=O)NCC(=O)Nc3ccc(F)c(F)c3F)s2)c1C. The number of carbonyl (C=O) groups is 2. The number of hydrogen-bond acceptors (Lipinski definition) is 7. The van der Waals surface area contributed by atoms with Crippen molar-refractivity contribution in [1.82, 2.24) is 15.5 Å². The Labute approximate surface area is 189 Å². The Hall–Kier alpha value is -3.12. The number of nitrogens with zero attached hydrogens (tertiary/aromatic N) is 2. The Morgan fingerprint density at radius 3 is 2.56 bits per heavy atom. The van der Waals surface area contributed by atoms with Crippen molar-refractivity contribution < 1.29 is 22.8 Å². The van der Waals surface area contributed by atoms with Crippen molar-refractivity contribution in [2.24, 2.45) is 0 Å². The average molecular weight is 482 g/mol. The molecule has 0 atom stereocenters. The highest BCUT2D eigenvalue weighted by molar-refractivity contribution is 8.01. The van der Waals surface area contributed by atoms with Crippen LogP contribution in [0.2, 0.25) is 0 Å². The molecule has 32 heavy (non-hydrogen) atoms. The lowest BCUT2D eigenvalue weighted by Gasteiger charge is -2.08. The molecule has 0 aliphatic heterocycles. The Kier molecular flexibility index (Phi) is 7.70. The molecular formula is C20H18F3N5O2S2. The van der Waals surface area contributed by atoms with Crippen LogP contribution < -0.4 is 16.0 Å². The maximum atomic E-state index is 13.6. The molecule has 0 saturated carbocycles. The van der Waals surface area contributed by atoms with Crippen LogP contribution in [0.4, 0.5) is 29.7 Å². The van der Waals surface area contributed by atoms with E-state index < -0.39 is 41.5 Å². The fourth-order valence-electron chi connectivity index (χ4n) is 2.49. The maximum Gasteiger partial charge on any atom is 0.243 e. The lowest BCUT2D eigenvalue weighted by atomic mass is 10.1. The summed E-state index contributed by atoms with van der Waals surface area (Å²) in [4.78, 5) is 23.8. The lowest BCUT2D eigenvalue weighted by Crippen LogP contribution is -2.34. The molecule has 0 aliphatic carbocycles. The molecule has 0 aliphatic rings. The zero-order valence-electron chi connectivity index (χ0n) is 17.0. The van der Waals surface area contributed by atoms with Gasteiger partial charge in [-0.2, -0.15) is 0 Å². The summed E-state index contributed by atoms with van der Waals surface area (Å²) < 4.78 is 40.2.